The molecule has 2 atom stereocenters. The van der Waals surface area contributed by atoms with Gasteiger partial charge in [-0.2, -0.15) is 18.2 Å². The van der Waals surface area contributed by atoms with E-state index < -0.39 is 17.6 Å². The van der Waals surface area contributed by atoms with Gasteiger partial charge < -0.3 is 19.1 Å². The van der Waals surface area contributed by atoms with Gasteiger partial charge in [0.15, 0.2) is 17.3 Å². The minimum atomic E-state index is -4.56. The Morgan fingerprint density at radius 3 is 2.62 bits per heavy atom. The SMILES string of the molecule is COc1c(C#Cc2ccc(Oc3ccnc(C(F)(F)F)c3)cc2)nc(=O)n2c1N1C[C@H](C)OC[C@@]1(C)C2. The normalized spacial score (nSPS) is 20.5. The Morgan fingerprint density at radius 1 is 1.16 bits per heavy atom. The Bertz CT molecular complexity index is 1460. The molecule has 1 saturated heterocycles. The standard InChI is InChI=1S/C26H23F3N4O4/c1-16-13-33-23-22(35-3)20(31-24(34)32(23)14-25(33,2)15-36-16)9-6-17-4-7-18(8-5-17)37-19-10-11-30-21(12-19)26(27,28)29/h4-5,7-8,10-12,16H,13-15H2,1-3H3/t16-,25+/m0/s1. The van der Waals surface area contributed by atoms with Gasteiger partial charge >= 0.3 is 11.9 Å². The van der Waals surface area contributed by atoms with E-state index in [-0.39, 0.29) is 23.1 Å². The van der Waals surface area contributed by atoms with E-state index in [9.17, 15) is 18.0 Å². The van der Waals surface area contributed by atoms with Crippen LogP contribution >= 0.6 is 0 Å². The summed E-state index contributed by atoms with van der Waals surface area (Å²) in [6.07, 6.45) is -3.53. The average Bonchev–Trinajstić information content (AvgIpc) is 3.17. The topological polar surface area (TPSA) is 78.7 Å². The van der Waals surface area contributed by atoms with Crippen LogP contribution in [0.2, 0.25) is 0 Å². The summed E-state index contributed by atoms with van der Waals surface area (Å²) in [4.78, 5) is 22.5. The van der Waals surface area contributed by atoms with Crippen LogP contribution in [0.25, 0.3) is 0 Å². The number of anilines is 1. The number of alkyl halides is 3. The first kappa shape index (κ1) is 24.6. The van der Waals surface area contributed by atoms with Crippen LogP contribution in [0.3, 0.4) is 0 Å². The first-order valence-electron chi connectivity index (χ1n) is 11.5. The number of nitrogens with zero attached hydrogens (tertiary/aromatic N) is 4. The molecule has 0 unspecified atom stereocenters. The second kappa shape index (κ2) is 9.12. The molecule has 0 aliphatic carbocycles. The summed E-state index contributed by atoms with van der Waals surface area (Å²) in [5.74, 6) is 7.30. The lowest BCUT2D eigenvalue weighted by Gasteiger charge is -2.42. The number of benzene rings is 1. The summed E-state index contributed by atoms with van der Waals surface area (Å²) in [5.41, 5.74) is -1.02. The van der Waals surface area contributed by atoms with E-state index in [0.29, 0.717) is 42.6 Å². The lowest BCUT2D eigenvalue weighted by atomic mass is 10.0. The first-order valence-corrected chi connectivity index (χ1v) is 11.5. The van der Waals surface area contributed by atoms with Crippen molar-refractivity contribution in [1.82, 2.24) is 14.5 Å². The zero-order valence-electron chi connectivity index (χ0n) is 20.3. The lowest BCUT2D eigenvalue weighted by molar-refractivity contribution is -0.141. The molecular weight excluding hydrogens is 489 g/mol. The van der Waals surface area contributed by atoms with Crippen LogP contribution in [0.5, 0.6) is 17.2 Å². The first-order chi connectivity index (χ1) is 17.6. The van der Waals surface area contributed by atoms with Crippen molar-refractivity contribution in [3.63, 3.8) is 0 Å². The van der Waals surface area contributed by atoms with Crippen LogP contribution in [0.15, 0.2) is 47.4 Å². The highest BCUT2D eigenvalue weighted by atomic mass is 19.4. The summed E-state index contributed by atoms with van der Waals surface area (Å²) in [5, 5.41) is 0. The molecule has 37 heavy (non-hydrogen) atoms. The molecule has 0 bridgehead atoms. The number of rotatable bonds is 3. The van der Waals surface area contributed by atoms with Crippen LogP contribution in [-0.4, -0.2) is 46.4 Å². The smallest absolute Gasteiger partial charge is 0.433 e. The van der Waals surface area contributed by atoms with Gasteiger partial charge in [0.25, 0.3) is 0 Å². The predicted molar refractivity (Wildman–Crippen MR) is 128 cm³/mol. The van der Waals surface area contributed by atoms with E-state index in [1.54, 1.807) is 28.8 Å². The Hall–Kier alpha value is -4.04. The minimum absolute atomic E-state index is 0.00457. The molecule has 8 nitrogen and oxygen atoms in total. The van der Waals surface area contributed by atoms with Gasteiger partial charge in [-0.3, -0.25) is 9.55 Å². The molecule has 5 rings (SSSR count). The number of hydrogen-bond acceptors (Lipinski definition) is 7. The van der Waals surface area contributed by atoms with E-state index in [2.05, 4.69) is 26.7 Å². The van der Waals surface area contributed by atoms with Gasteiger partial charge in [0.05, 0.1) is 31.9 Å². The van der Waals surface area contributed by atoms with Crippen molar-refractivity contribution in [2.45, 2.75) is 38.2 Å². The summed E-state index contributed by atoms with van der Waals surface area (Å²) >= 11 is 0. The molecule has 4 heterocycles. The van der Waals surface area contributed by atoms with Crippen LogP contribution in [-0.2, 0) is 17.5 Å². The molecule has 2 aliphatic rings. The maximum atomic E-state index is 12.9. The maximum absolute atomic E-state index is 12.9. The van der Waals surface area contributed by atoms with Gasteiger partial charge in [-0.05, 0) is 50.1 Å². The third-order valence-electron chi connectivity index (χ3n) is 6.28. The highest BCUT2D eigenvalue weighted by Crippen LogP contribution is 2.42. The Balaban J connectivity index is 1.40. The van der Waals surface area contributed by atoms with E-state index >= 15 is 0 Å². The number of fused-ring (bicyclic) bond motifs is 3. The second-order valence-electron chi connectivity index (χ2n) is 9.17. The molecule has 1 aromatic carbocycles. The number of halogens is 3. The van der Waals surface area contributed by atoms with Crippen molar-refractivity contribution in [3.8, 4) is 29.1 Å². The minimum Gasteiger partial charge on any atom is -0.490 e. The number of ether oxygens (including phenoxy) is 3. The maximum Gasteiger partial charge on any atom is 0.433 e. The Kier molecular flexibility index (Phi) is 6.07. The van der Waals surface area contributed by atoms with Gasteiger partial charge in [-0.15, -0.1) is 0 Å². The zero-order valence-corrected chi connectivity index (χ0v) is 20.3. The molecule has 11 heteroatoms. The van der Waals surface area contributed by atoms with Crippen molar-refractivity contribution in [1.29, 1.82) is 0 Å². The summed E-state index contributed by atoms with van der Waals surface area (Å²) in [6.45, 7) is 5.54. The van der Waals surface area contributed by atoms with Crippen LogP contribution in [0.4, 0.5) is 19.0 Å². The van der Waals surface area contributed by atoms with Gasteiger partial charge in [0.2, 0.25) is 0 Å². The number of methoxy groups -OCH3 is 1. The monoisotopic (exact) mass is 512 g/mol. The van der Waals surface area contributed by atoms with Crippen molar-refractivity contribution in [2.24, 2.45) is 0 Å². The molecule has 192 valence electrons. The zero-order chi connectivity index (χ0) is 26.4. The lowest BCUT2D eigenvalue weighted by Crippen LogP contribution is -2.56. The van der Waals surface area contributed by atoms with Crippen molar-refractivity contribution >= 4 is 5.82 Å². The van der Waals surface area contributed by atoms with E-state index in [4.69, 9.17) is 14.2 Å². The molecule has 2 aliphatic heterocycles. The molecule has 3 aromatic rings. The number of pyridine rings is 1. The van der Waals surface area contributed by atoms with Gasteiger partial charge in [-0.25, -0.2) is 4.79 Å². The third kappa shape index (κ3) is 4.72. The fourth-order valence-electron chi connectivity index (χ4n) is 4.46. The molecule has 2 aromatic heterocycles. The third-order valence-corrected chi connectivity index (χ3v) is 6.28. The molecule has 0 radical (unpaired) electrons. The largest absolute Gasteiger partial charge is 0.490 e. The van der Waals surface area contributed by atoms with Gasteiger partial charge in [0, 0.05) is 24.4 Å². The highest BCUT2D eigenvalue weighted by Gasteiger charge is 2.47. The number of morpholine rings is 1. The van der Waals surface area contributed by atoms with E-state index in [0.717, 1.165) is 12.3 Å². The van der Waals surface area contributed by atoms with E-state index in [1.807, 2.05) is 13.8 Å². The predicted octanol–water partition coefficient (Wildman–Crippen LogP) is 3.86. The average molecular weight is 512 g/mol. The Morgan fingerprint density at radius 2 is 1.92 bits per heavy atom. The number of aromatic nitrogens is 3. The van der Waals surface area contributed by atoms with Crippen molar-refractivity contribution in [3.05, 3.63) is 70.0 Å². The molecule has 0 saturated carbocycles. The van der Waals surface area contributed by atoms with Crippen LogP contribution in [0, 0.1) is 11.8 Å². The number of hydrogen-bond donors (Lipinski definition) is 0. The molecular formula is C26H23F3N4O4. The van der Waals surface area contributed by atoms with Crippen molar-refractivity contribution < 1.29 is 27.4 Å². The quantitative estimate of drug-likeness (QED) is 0.494. The van der Waals surface area contributed by atoms with Crippen molar-refractivity contribution in [2.75, 3.05) is 25.2 Å². The van der Waals surface area contributed by atoms with Gasteiger partial charge in [0.1, 0.15) is 17.2 Å². The molecule has 1 fully saturated rings. The van der Waals surface area contributed by atoms with E-state index in [1.165, 1.54) is 13.2 Å². The summed E-state index contributed by atoms with van der Waals surface area (Å²) in [7, 11) is 1.52. The summed E-state index contributed by atoms with van der Waals surface area (Å²) < 4.78 is 57.3. The van der Waals surface area contributed by atoms with Crippen LogP contribution in [0.1, 0.15) is 30.8 Å². The summed E-state index contributed by atoms with van der Waals surface area (Å²) in [6, 6.07) is 8.65. The second-order valence-corrected chi connectivity index (χ2v) is 9.17. The molecule has 0 N–H and O–H groups in total. The molecule has 0 spiro atoms. The fourth-order valence-corrected chi connectivity index (χ4v) is 4.46. The fraction of sp³-hybridized carbons (Fsp3) is 0.346. The molecule has 0 amide bonds. The van der Waals surface area contributed by atoms with Gasteiger partial charge in [-0.1, -0.05) is 5.92 Å². The van der Waals surface area contributed by atoms with Crippen LogP contribution < -0.4 is 20.1 Å². The Labute approximate surface area is 210 Å². The highest BCUT2D eigenvalue weighted by molar-refractivity contribution is 5.64.